The summed E-state index contributed by atoms with van der Waals surface area (Å²) in [5.74, 6) is 0.135. The minimum absolute atomic E-state index is 0.0161. The molecule has 0 radical (unpaired) electrons. The third kappa shape index (κ3) is 2.99. The third-order valence-corrected chi connectivity index (χ3v) is 4.24. The molecule has 0 bridgehead atoms. The number of hydrogen-bond donors (Lipinski definition) is 1. The zero-order valence-electron chi connectivity index (χ0n) is 11.7. The van der Waals surface area contributed by atoms with E-state index < -0.39 is 5.97 Å². The molecular formula is C15H17NO3S. The number of carboxylic acid groups (broad SMARTS) is 1. The summed E-state index contributed by atoms with van der Waals surface area (Å²) in [4.78, 5) is 16.4. The summed E-state index contributed by atoms with van der Waals surface area (Å²) >= 11 is 1.46. The van der Waals surface area contributed by atoms with Gasteiger partial charge in [-0.25, -0.2) is 4.98 Å². The number of hydrogen-bond acceptors (Lipinski definition) is 4. The molecule has 0 saturated carbocycles. The van der Waals surface area contributed by atoms with E-state index in [0.29, 0.717) is 5.75 Å². The van der Waals surface area contributed by atoms with Crippen LogP contribution in [0.1, 0.15) is 29.7 Å². The van der Waals surface area contributed by atoms with E-state index in [1.54, 1.807) is 7.11 Å². The molecule has 0 atom stereocenters. The molecule has 5 heteroatoms. The summed E-state index contributed by atoms with van der Waals surface area (Å²) in [6.45, 7) is 4.10. The zero-order valence-corrected chi connectivity index (χ0v) is 12.5. The Morgan fingerprint density at radius 3 is 2.70 bits per heavy atom. The molecule has 0 aliphatic rings. The van der Waals surface area contributed by atoms with Gasteiger partial charge in [-0.2, -0.15) is 0 Å². The molecule has 1 heterocycles. The maximum atomic E-state index is 11.0. The fraction of sp³-hybridized carbons (Fsp3) is 0.333. The van der Waals surface area contributed by atoms with Crippen LogP contribution in [0, 0.1) is 0 Å². The summed E-state index contributed by atoms with van der Waals surface area (Å²) in [7, 11) is 1.60. The lowest BCUT2D eigenvalue weighted by molar-refractivity contribution is -0.136. The highest BCUT2D eigenvalue weighted by Gasteiger charge is 2.19. The SMILES string of the molecule is COc1ccccc1-c1nc(C(C)C)sc1CC(=O)O. The first-order chi connectivity index (χ1) is 9.52. The molecule has 2 aromatic rings. The minimum Gasteiger partial charge on any atom is -0.496 e. The number of thiazole rings is 1. The summed E-state index contributed by atoms with van der Waals surface area (Å²) in [5.41, 5.74) is 1.56. The molecule has 20 heavy (non-hydrogen) atoms. The van der Waals surface area contributed by atoms with Crippen LogP contribution in [0.2, 0.25) is 0 Å². The number of nitrogens with zero attached hydrogens (tertiary/aromatic N) is 1. The predicted molar refractivity (Wildman–Crippen MR) is 79.5 cm³/mol. The van der Waals surface area contributed by atoms with Crippen molar-refractivity contribution >= 4 is 17.3 Å². The van der Waals surface area contributed by atoms with Crippen LogP contribution >= 0.6 is 11.3 Å². The second kappa shape index (κ2) is 6.05. The standard InChI is InChI=1S/C15H17NO3S/c1-9(2)15-16-14(12(20-15)8-13(17)18)10-6-4-5-7-11(10)19-3/h4-7,9H,8H2,1-3H3,(H,17,18). The number of aliphatic carboxylic acids is 1. The van der Waals surface area contributed by atoms with Crippen molar-refractivity contribution in [2.24, 2.45) is 0 Å². The van der Waals surface area contributed by atoms with E-state index in [1.807, 2.05) is 24.3 Å². The Balaban J connectivity index is 2.56. The predicted octanol–water partition coefficient (Wildman–Crippen LogP) is 3.57. The zero-order chi connectivity index (χ0) is 14.7. The number of benzene rings is 1. The third-order valence-electron chi connectivity index (χ3n) is 2.88. The maximum absolute atomic E-state index is 11.0. The van der Waals surface area contributed by atoms with Crippen molar-refractivity contribution in [1.29, 1.82) is 0 Å². The highest BCUT2D eigenvalue weighted by atomic mass is 32.1. The molecule has 106 valence electrons. The van der Waals surface area contributed by atoms with Gasteiger partial charge in [0.05, 0.1) is 24.2 Å². The van der Waals surface area contributed by atoms with Crippen molar-refractivity contribution in [1.82, 2.24) is 4.98 Å². The van der Waals surface area contributed by atoms with Crippen molar-refractivity contribution < 1.29 is 14.6 Å². The van der Waals surface area contributed by atoms with E-state index in [1.165, 1.54) is 11.3 Å². The number of carboxylic acids is 1. The largest absolute Gasteiger partial charge is 0.496 e. The smallest absolute Gasteiger partial charge is 0.308 e. The summed E-state index contributed by atoms with van der Waals surface area (Å²) in [5, 5.41) is 10.0. The van der Waals surface area contributed by atoms with Crippen molar-refractivity contribution in [3.63, 3.8) is 0 Å². The first-order valence-corrected chi connectivity index (χ1v) is 7.19. The van der Waals surface area contributed by atoms with Gasteiger partial charge in [0.2, 0.25) is 0 Å². The van der Waals surface area contributed by atoms with E-state index in [2.05, 4.69) is 18.8 Å². The highest BCUT2D eigenvalue weighted by Crippen LogP contribution is 2.36. The fourth-order valence-corrected chi connectivity index (χ4v) is 3.00. The quantitative estimate of drug-likeness (QED) is 0.915. The topological polar surface area (TPSA) is 59.4 Å². The lowest BCUT2D eigenvalue weighted by Crippen LogP contribution is -2.00. The maximum Gasteiger partial charge on any atom is 0.308 e. The Hall–Kier alpha value is -1.88. The Morgan fingerprint density at radius 1 is 1.40 bits per heavy atom. The number of para-hydroxylation sites is 1. The second-order valence-electron chi connectivity index (χ2n) is 4.75. The number of methoxy groups -OCH3 is 1. The van der Waals surface area contributed by atoms with Crippen LogP contribution in [0.25, 0.3) is 11.3 Å². The van der Waals surface area contributed by atoms with Crippen LogP contribution < -0.4 is 4.74 Å². The van der Waals surface area contributed by atoms with Gasteiger partial charge < -0.3 is 9.84 Å². The fourth-order valence-electron chi connectivity index (χ4n) is 1.92. The summed E-state index contributed by atoms with van der Waals surface area (Å²) in [6, 6.07) is 7.54. The molecule has 4 nitrogen and oxygen atoms in total. The molecule has 1 N–H and O–H groups in total. The molecule has 0 fully saturated rings. The molecule has 1 aromatic carbocycles. The lowest BCUT2D eigenvalue weighted by Gasteiger charge is -2.07. The van der Waals surface area contributed by atoms with Gasteiger partial charge in [-0.05, 0) is 12.1 Å². The van der Waals surface area contributed by atoms with E-state index >= 15 is 0 Å². The van der Waals surface area contributed by atoms with Crippen molar-refractivity contribution in [3.05, 3.63) is 34.2 Å². The molecule has 0 unspecified atom stereocenters. The van der Waals surface area contributed by atoms with Crippen LogP contribution in [0.3, 0.4) is 0 Å². The van der Waals surface area contributed by atoms with Gasteiger partial charge in [0, 0.05) is 16.4 Å². The van der Waals surface area contributed by atoms with E-state index in [4.69, 9.17) is 9.84 Å². The van der Waals surface area contributed by atoms with E-state index in [9.17, 15) is 4.79 Å². The number of carbonyl (C=O) groups is 1. The molecule has 0 aliphatic carbocycles. The van der Waals surface area contributed by atoms with Crippen molar-refractivity contribution in [2.75, 3.05) is 7.11 Å². The lowest BCUT2D eigenvalue weighted by atomic mass is 10.1. The van der Waals surface area contributed by atoms with Gasteiger partial charge in [0.1, 0.15) is 5.75 Å². The van der Waals surface area contributed by atoms with Gasteiger partial charge in [-0.1, -0.05) is 26.0 Å². The van der Waals surface area contributed by atoms with Gasteiger partial charge >= 0.3 is 5.97 Å². The Bertz CT molecular complexity index is 619. The average molecular weight is 291 g/mol. The van der Waals surface area contributed by atoms with Crippen LogP contribution in [-0.2, 0) is 11.2 Å². The van der Waals surface area contributed by atoms with E-state index in [0.717, 1.165) is 21.1 Å². The first-order valence-electron chi connectivity index (χ1n) is 6.37. The van der Waals surface area contributed by atoms with Gasteiger partial charge in [-0.3, -0.25) is 4.79 Å². The van der Waals surface area contributed by atoms with Gasteiger partial charge in [0.25, 0.3) is 0 Å². The Morgan fingerprint density at radius 2 is 2.10 bits per heavy atom. The number of rotatable bonds is 5. The second-order valence-corrected chi connectivity index (χ2v) is 5.86. The molecular weight excluding hydrogens is 274 g/mol. The van der Waals surface area contributed by atoms with Crippen molar-refractivity contribution in [2.45, 2.75) is 26.2 Å². The monoisotopic (exact) mass is 291 g/mol. The normalized spacial score (nSPS) is 10.8. The van der Waals surface area contributed by atoms with Crippen LogP contribution in [0.5, 0.6) is 5.75 Å². The van der Waals surface area contributed by atoms with Crippen molar-refractivity contribution in [3.8, 4) is 17.0 Å². The Kier molecular flexibility index (Phi) is 4.39. The number of ether oxygens (including phenoxy) is 1. The first kappa shape index (κ1) is 14.5. The van der Waals surface area contributed by atoms with E-state index in [-0.39, 0.29) is 12.3 Å². The van der Waals surface area contributed by atoms with Crippen LogP contribution in [0.4, 0.5) is 0 Å². The molecule has 1 aromatic heterocycles. The number of aromatic nitrogens is 1. The summed E-state index contributed by atoms with van der Waals surface area (Å²) < 4.78 is 5.35. The molecule has 0 amide bonds. The molecule has 0 spiro atoms. The molecule has 2 rings (SSSR count). The Labute approximate surface area is 122 Å². The van der Waals surface area contributed by atoms with Crippen LogP contribution in [-0.4, -0.2) is 23.2 Å². The summed E-state index contributed by atoms with van der Waals surface area (Å²) in [6.07, 6.45) is -0.0161. The van der Waals surface area contributed by atoms with Crippen LogP contribution in [0.15, 0.2) is 24.3 Å². The average Bonchev–Trinajstić information content (AvgIpc) is 2.81. The minimum atomic E-state index is -0.847. The molecule has 0 saturated heterocycles. The van der Waals surface area contributed by atoms with Gasteiger partial charge in [-0.15, -0.1) is 11.3 Å². The molecule has 0 aliphatic heterocycles. The van der Waals surface area contributed by atoms with Gasteiger partial charge in [0.15, 0.2) is 0 Å². The highest BCUT2D eigenvalue weighted by molar-refractivity contribution is 7.12.